The summed E-state index contributed by atoms with van der Waals surface area (Å²) in [6.07, 6.45) is 4.36. The molecule has 0 spiro atoms. The summed E-state index contributed by atoms with van der Waals surface area (Å²) in [6, 6.07) is 10.6. The second-order valence-electron chi connectivity index (χ2n) is 6.68. The van der Waals surface area contributed by atoms with Gasteiger partial charge in [0.2, 0.25) is 5.89 Å². The molecule has 2 fully saturated rings. The van der Waals surface area contributed by atoms with Crippen molar-refractivity contribution in [2.45, 2.75) is 43.4 Å². The standard InChI is InChI=1S/C17H21N3O/c1-16(9-11-18-12-10-16)15-19-14(20-21-15)17(7-8-17)13-5-3-2-4-6-13/h2-6,18H,7-12H2,1H3. The normalized spacial score (nSPS) is 22.9. The summed E-state index contributed by atoms with van der Waals surface area (Å²) in [7, 11) is 0. The molecule has 1 N–H and O–H groups in total. The Morgan fingerprint density at radius 3 is 2.43 bits per heavy atom. The summed E-state index contributed by atoms with van der Waals surface area (Å²) in [5.74, 6) is 1.70. The fourth-order valence-electron chi connectivity index (χ4n) is 3.38. The number of hydrogen-bond donors (Lipinski definition) is 1. The molecule has 1 saturated carbocycles. The first kappa shape index (κ1) is 13.0. The second-order valence-corrected chi connectivity index (χ2v) is 6.68. The molecule has 2 aliphatic rings. The Hall–Kier alpha value is -1.68. The third kappa shape index (κ3) is 2.09. The van der Waals surface area contributed by atoms with Gasteiger partial charge in [0.1, 0.15) is 0 Å². The highest BCUT2D eigenvalue weighted by molar-refractivity contribution is 5.38. The SMILES string of the molecule is CC1(c2nc(C3(c4ccccc4)CC3)no2)CCNCC1. The van der Waals surface area contributed by atoms with E-state index in [9.17, 15) is 0 Å². The van der Waals surface area contributed by atoms with E-state index in [2.05, 4.69) is 47.7 Å². The molecule has 4 nitrogen and oxygen atoms in total. The first-order chi connectivity index (χ1) is 10.2. The van der Waals surface area contributed by atoms with Crippen molar-refractivity contribution in [3.8, 4) is 0 Å². The third-order valence-electron chi connectivity index (χ3n) is 5.15. The Kier molecular flexibility index (Phi) is 2.89. The van der Waals surface area contributed by atoms with Crippen LogP contribution in [0, 0.1) is 0 Å². The fourth-order valence-corrected chi connectivity index (χ4v) is 3.38. The summed E-state index contributed by atoms with van der Waals surface area (Å²) in [4.78, 5) is 4.81. The van der Waals surface area contributed by atoms with Crippen LogP contribution < -0.4 is 5.32 Å². The molecular formula is C17H21N3O. The van der Waals surface area contributed by atoms with Crippen LogP contribution in [0.3, 0.4) is 0 Å². The average Bonchev–Trinajstić information content (AvgIpc) is 3.18. The van der Waals surface area contributed by atoms with Crippen LogP contribution >= 0.6 is 0 Å². The largest absolute Gasteiger partial charge is 0.339 e. The lowest BCUT2D eigenvalue weighted by atomic mass is 9.81. The minimum Gasteiger partial charge on any atom is -0.339 e. The van der Waals surface area contributed by atoms with Crippen LogP contribution in [0.1, 0.15) is 49.9 Å². The number of hydrogen-bond acceptors (Lipinski definition) is 4. The molecule has 0 atom stereocenters. The van der Waals surface area contributed by atoms with Crippen LogP contribution in [0.25, 0.3) is 0 Å². The highest BCUT2D eigenvalue weighted by atomic mass is 16.5. The van der Waals surface area contributed by atoms with Crippen molar-refractivity contribution < 1.29 is 4.52 Å². The molecule has 1 aromatic heterocycles. The quantitative estimate of drug-likeness (QED) is 0.941. The van der Waals surface area contributed by atoms with Crippen molar-refractivity contribution >= 4 is 0 Å². The van der Waals surface area contributed by atoms with E-state index >= 15 is 0 Å². The summed E-state index contributed by atoms with van der Waals surface area (Å²) in [5.41, 5.74) is 1.35. The molecule has 110 valence electrons. The first-order valence-corrected chi connectivity index (χ1v) is 7.84. The first-order valence-electron chi connectivity index (χ1n) is 7.84. The van der Waals surface area contributed by atoms with Gasteiger partial charge in [-0.05, 0) is 44.3 Å². The summed E-state index contributed by atoms with van der Waals surface area (Å²) < 4.78 is 5.67. The van der Waals surface area contributed by atoms with Gasteiger partial charge in [0.15, 0.2) is 5.82 Å². The van der Waals surface area contributed by atoms with E-state index in [1.165, 1.54) is 5.56 Å². The molecule has 1 aliphatic heterocycles. The Labute approximate surface area is 124 Å². The fraction of sp³-hybridized carbons (Fsp3) is 0.529. The van der Waals surface area contributed by atoms with E-state index in [1.54, 1.807) is 0 Å². The number of rotatable bonds is 3. The molecule has 21 heavy (non-hydrogen) atoms. The Balaban J connectivity index is 1.66. The summed E-state index contributed by atoms with van der Waals surface area (Å²) >= 11 is 0. The van der Waals surface area contributed by atoms with E-state index in [4.69, 9.17) is 9.51 Å². The smallest absolute Gasteiger partial charge is 0.232 e. The summed E-state index contributed by atoms with van der Waals surface area (Å²) in [5, 5.41) is 7.74. The number of benzene rings is 1. The minimum absolute atomic E-state index is 0.00624. The van der Waals surface area contributed by atoms with Crippen molar-refractivity contribution in [3.05, 3.63) is 47.6 Å². The molecule has 1 aliphatic carbocycles. The van der Waals surface area contributed by atoms with Crippen molar-refractivity contribution in [3.63, 3.8) is 0 Å². The maximum absolute atomic E-state index is 5.67. The van der Waals surface area contributed by atoms with Gasteiger partial charge in [-0.2, -0.15) is 4.98 Å². The molecule has 0 bridgehead atoms. The van der Waals surface area contributed by atoms with Gasteiger partial charge in [0.05, 0.1) is 5.41 Å². The lowest BCUT2D eigenvalue weighted by Gasteiger charge is -2.30. The lowest BCUT2D eigenvalue weighted by Crippen LogP contribution is -2.38. The van der Waals surface area contributed by atoms with Gasteiger partial charge in [-0.25, -0.2) is 0 Å². The molecule has 2 heterocycles. The van der Waals surface area contributed by atoms with Crippen LogP contribution in [-0.2, 0) is 10.8 Å². The molecule has 1 saturated heterocycles. The van der Waals surface area contributed by atoms with Gasteiger partial charge in [-0.15, -0.1) is 0 Å². The molecule has 2 aromatic rings. The van der Waals surface area contributed by atoms with E-state index in [0.29, 0.717) is 0 Å². The average molecular weight is 283 g/mol. The van der Waals surface area contributed by atoms with Crippen molar-refractivity contribution in [1.82, 2.24) is 15.5 Å². The van der Waals surface area contributed by atoms with E-state index in [0.717, 1.165) is 50.5 Å². The monoisotopic (exact) mass is 283 g/mol. The molecule has 4 rings (SSSR count). The highest BCUT2D eigenvalue weighted by Gasteiger charge is 2.50. The van der Waals surface area contributed by atoms with Crippen LogP contribution in [-0.4, -0.2) is 23.2 Å². The molecule has 0 radical (unpaired) electrons. The van der Waals surface area contributed by atoms with Gasteiger partial charge in [-0.3, -0.25) is 0 Å². The molecule has 1 aromatic carbocycles. The van der Waals surface area contributed by atoms with Gasteiger partial charge in [0.25, 0.3) is 0 Å². The predicted molar refractivity (Wildman–Crippen MR) is 80.2 cm³/mol. The number of aromatic nitrogens is 2. The maximum atomic E-state index is 5.67. The predicted octanol–water partition coefficient (Wildman–Crippen LogP) is 2.79. The molecular weight excluding hydrogens is 262 g/mol. The van der Waals surface area contributed by atoms with E-state index in [-0.39, 0.29) is 10.8 Å². The summed E-state index contributed by atoms with van der Waals surface area (Å²) in [6.45, 7) is 4.29. The third-order valence-corrected chi connectivity index (χ3v) is 5.15. The van der Waals surface area contributed by atoms with Crippen molar-refractivity contribution in [2.75, 3.05) is 13.1 Å². The topological polar surface area (TPSA) is 51.0 Å². The second kappa shape index (κ2) is 4.67. The van der Waals surface area contributed by atoms with Gasteiger partial charge < -0.3 is 9.84 Å². The Bertz CT molecular complexity index is 624. The maximum Gasteiger partial charge on any atom is 0.232 e. The van der Waals surface area contributed by atoms with Gasteiger partial charge in [0, 0.05) is 5.41 Å². The van der Waals surface area contributed by atoms with Crippen LogP contribution in [0.2, 0.25) is 0 Å². The number of nitrogens with zero attached hydrogens (tertiary/aromatic N) is 2. The zero-order valence-electron chi connectivity index (χ0n) is 12.4. The molecule has 4 heteroatoms. The van der Waals surface area contributed by atoms with Crippen LogP contribution in [0.5, 0.6) is 0 Å². The van der Waals surface area contributed by atoms with Crippen LogP contribution in [0.15, 0.2) is 34.9 Å². The Morgan fingerprint density at radius 1 is 1.05 bits per heavy atom. The number of nitrogens with one attached hydrogen (secondary N) is 1. The number of piperidine rings is 1. The van der Waals surface area contributed by atoms with Crippen molar-refractivity contribution in [2.24, 2.45) is 0 Å². The van der Waals surface area contributed by atoms with Gasteiger partial charge in [-0.1, -0.05) is 42.4 Å². The van der Waals surface area contributed by atoms with E-state index in [1.807, 2.05) is 0 Å². The van der Waals surface area contributed by atoms with Crippen LogP contribution in [0.4, 0.5) is 0 Å². The lowest BCUT2D eigenvalue weighted by molar-refractivity contribution is 0.240. The Morgan fingerprint density at radius 2 is 1.76 bits per heavy atom. The molecule has 0 amide bonds. The highest BCUT2D eigenvalue weighted by Crippen LogP contribution is 2.52. The van der Waals surface area contributed by atoms with E-state index < -0.39 is 0 Å². The molecule has 0 unspecified atom stereocenters. The zero-order valence-corrected chi connectivity index (χ0v) is 12.4. The van der Waals surface area contributed by atoms with Crippen molar-refractivity contribution in [1.29, 1.82) is 0 Å². The van der Waals surface area contributed by atoms with Gasteiger partial charge >= 0.3 is 0 Å². The zero-order chi connectivity index (χ0) is 14.3. The minimum atomic E-state index is 0.00624.